The van der Waals surface area contributed by atoms with Crippen molar-refractivity contribution in [2.24, 2.45) is 5.10 Å². The van der Waals surface area contributed by atoms with Crippen LogP contribution in [0.2, 0.25) is 0 Å². The van der Waals surface area contributed by atoms with E-state index in [4.69, 9.17) is 0 Å². The summed E-state index contributed by atoms with van der Waals surface area (Å²) in [7, 11) is 2.00. The van der Waals surface area contributed by atoms with Gasteiger partial charge in [0, 0.05) is 0 Å². The number of nitrogens with one attached hydrogen (secondary N) is 2. The number of rotatable bonds is 4. The van der Waals surface area contributed by atoms with Gasteiger partial charge < -0.3 is 10.7 Å². The van der Waals surface area contributed by atoms with Crippen LogP contribution in [0, 0.1) is 0 Å². The van der Waals surface area contributed by atoms with Gasteiger partial charge in [0.05, 0.1) is 17.8 Å². The molecule has 0 aromatic carbocycles. The number of likely N-dealkylation sites (N-methyl/N-ethyl adjacent to an activating group) is 1. The molecule has 1 aliphatic rings. The van der Waals surface area contributed by atoms with E-state index in [9.17, 15) is 0 Å². The van der Waals surface area contributed by atoms with E-state index in [0.717, 1.165) is 6.42 Å². The molecule has 0 spiro atoms. The van der Waals surface area contributed by atoms with Crippen LogP contribution in [0.5, 0.6) is 0 Å². The SMILES string of the molecule is CCCCC1=NNC(C)C1NC. The molecule has 0 aromatic heterocycles. The van der Waals surface area contributed by atoms with Crippen LogP contribution in [0.4, 0.5) is 0 Å². The van der Waals surface area contributed by atoms with Gasteiger partial charge in [0.1, 0.15) is 0 Å². The Morgan fingerprint density at radius 2 is 2.33 bits per heavy atom. The molecule has 2 N–H and O–H groups in total. The van der Waals surface area contributed by atoms with Crippen molar-refractivity contribution >= 4 is 5.71 Å². The molecule has 3 heteroatoms. The second-order valence-corrected chi connectivity index (χ2v) is 3.39. The highest BCUT2D eigenvalue weighted by atomic mass is 15.4. The zero-order valence-corrected chi connectivity index (χ0v) is 8.22. The van der Waals surface area contributed by atoms with E-state index in [1.807, 2.05) is 7.05 Å². The fourth-order valence-electron chi connectivity index (χ4n) is 1.60. The Labute approximate surface area is 74.6 Å². The molecule has 0 saturated heterocycles. The van der Waals surface area contributed by atoms with Gasteiger partial charge in [-0.3, -0.25) is 0 Å². The number of unbranched alkanes of at least 4 members (excludes halogenated alkanes) is 1. The number of hydrazone groups is 1. The van der Waals surface area contributed by atoms with Gasteiger partial charge in [-0.05, 0) is 26.8 Å². The van der Waals surface area contributed by atoms with Crippen molar-refractivity contribution in [2.45, 2.75) is 45.2 Å². The average molecular weight is 169 g/mol. The third kappa shape index (κ3) is 1.97. The minimum atomic E-state index is 0.441. The van der Waals surface area contributed by atoms with E-state index < -0.39 is 0 Å². The van der Waals surface area contributed by atoms with E-state index in [1.54, 1.807) is 0 Å². The number of hydrogen-bond acceptors (Lipinski definition) is 3. The first-order valence-electron chi connectivity index (χ1n) is 4.78. The second-order valence-electron chi connectivity index (χ2n) is 3.39. The monoisotopic (exact) mass is 169 g/mol. The Hall–Kier alpha value is -0.570. The topological polar surface area (TPSA) is 36.4 Å². The van der Waals surface area contributed by atoms with Gasteiger partial charge in [-0.15, -0.1) is 0 Å². The van der Waals surface area contributed by atoms with Gasteiger partial charge in [-0.2, -0.15) is 5.10 Å². The molecule has 0 amide bonds. The Morgan fingerprint density at radius 3 is 2.92 bits per heavy atom. The lowest BCUT2D eigenvalue weighted by Crippen LogP contribution is -2.42. The molecule has 0 bridgehead atoms. The summed E-state index contributed by atoms with van der Waals surface area (Å²) in [6.07, 6.45) is 3.61. The summed E-state index contributed by atoms with van der Waals surface area (Å²) in [6, 6.07) is 0.887. The Morgan fingerprint density at radius 1 is 1.58 bits per heavy atom. The lowest BCUT2D eigenvalue weighted by Gasteiger charge is -2.15. The highest BCUT2D eigenvalue weighted by Crippen LogP contribution is 2.09. The molecule has 0 aromatic rings. The summed E-state index contributed by atoms with van der Waals surface area (Å²) in [6.45, 7) is 4.37. The summed E-state index contributed by atoms with van der Waals surface area (Å²) in [5.74, 6) is 0. The summed E-state index contributed by atoms with van der Waals surface area (Å²) in [5.41, 5.74) is 4.39. The Kier molecular flexibility index (Phi) is 3.53. The molecule has 0 radical (unpaired) electrons. The van der Waals surface area contributed by atoms with Gasteiger partial charge in [0.2, 0.25) is 0 Å². The van der Waals surface area contributed by atoms with Crippen LogP contribution in [-0.4, -0.2) is 24.8 Å². The van der Waals surface area contributed by atoms with Crippen molar-refractivity contribution in [1.29, 1.82) is 0 Å². The standard InChI is InChI=1S/C9H19N3/c1-4-5-6-8-9(10-3)7(2)11-12-8/h7,9-11H,4-6H2,1-3H3. The van der Waals surface area contributed by atoms with Gasteiger partial charge in [-0.25, -0.2) is 0 Å². The molecule has 12 heavy (non-hydrogen) atoms. The average Bonchev–Trinajstić information content (AvgIpc) is 2.43. The fraction of sp³-hybridized carbons (Fsp3) is 0.889. The lowest BCUT2D eigenvalue weighted by molar-refractivity contribution is 0.531. The van der Waals surface area contributed by atoms with Gasteiger partial charge in [0.15, 0.2) is 0 Å². The quantitative estimate of drug-likeness (QED) is 0.661. The van der Waals surface area contributed by atoms with Crippen LogP contribution in [0.3, 0.4) is 0 Å². The maximum absolute atomic E-state index is 4.31. The third-order valence-electron chi connectivity index (χ3n) is 2.37. The van der Waals surface area contributed by atoms with Crippen LogP contribution in [0.1, 0.15) is 33.1 Å². The molecule has 0 fully saturated rings. The van der Waals surface area contributed by atoms with Crippen LogP contribution in [0.25, 0.3) is 0 Å². The van der Waals surface area contributed by atoms with Gasteiger partial charge in [0.25, 0.3) is 0 Å². The molecule has 0 aliphatic carbocycles. The van der Waals surface area contributed by atoms with Gasteiger partial charge in [-0.1, -0.05) is 13.3 Å². The van der Waals surface area contributed by atoms with Crippen molar-refractivity contribution in [1.82, 2.24) is 10.7 Å². The predicted molar refractivity (Wildman–Crippen MR) is 52.4 cm³/mol. The van der Waals surface area contributed by atoms with Crippen molar-refractivity contribution in [2.75, 3.05) is 7.05 Å². The molecule has 0 saturated carbocycles. The second kappa shape index (κ2) is 4.45. The maximum atomic E-state index is 4.31. The van der Waals surface area contributed by atoms with Crippen molar-refractivity contribution in [3.63, 3.8) is 0 Å². The summed E-state index contributed by atoms with van der Waals surface area (Å²) in [5, 5.41) is 7.59. The molecule has 1 heterocycles. The Balaban J connectivity index is 2.41. The zero-order valence-electron chi connectivity index (χ0n) is 8.22. The first-order chi connectivity index (χ1) is 5.79. The molecule has 1 aliphatic heterocycles. The largest absolute Gasteiger partial charge is 0.310 e. The number of nitrogens with zero attached hydrogens (tertiary/aromatic N) is 1. The van der Waals surface area contributed by atoms with Crippen LogP contribution in [-0.2, 0) is 0 Å². The van der Waals surface area contributed by atoms with Crippen LogP contribution >= 0.6 is 0 Å². The molecular formula is C9H19N3. The molecule has 2 atom stereocenters. The normalized spacial score (nSPS) is 28.4. The molecule has 1 rings (SSSR count). The first kappa shape index (κ1) is 9.52. The summed E-state index contributed by atoms with van der Waals surface area (Å²) < 4.78 is 0. The van der Waals surface area contributed by atoms with E-state index in [1.165, 1.54) is 18.6 Å². The smallest absolute Gasteiger partial charge is 0.0688 e. The lowest BCUT2D eigenvalue weighted by atomic mass is 10.0. The van der Waals surface area contributed by atoms with E-state index >= 15 is 0 Å². The fourth-order valence-corrected chi connectivity index (χ4v) is 1.60. The highest BCUT2D eigenvalue weighted by molar-refractivity contribution is 5.91. The van der Waals surface area contributed by atoms with E-state index in [-0.39, 0.29) is 0 Å². The maximum Gasteiger partial charge on any atom is 0.0688 e. The van der Waals surface area contributed by atoms with Crippen molar-refractivity contribution in [3.8, 4) is 0 Å². The molecule has 70 valence electrons. The molecular weight excluding hydrogens is 150 g/mol. The van der Waals surface area contributed by atoms with Crippen molar-refractivity contribution in [3.05, 3.63) is 0 Å². The predicted octanol–water partition coefficient (Wildman–Crippen LogP) is 1.11. The van der Waals surface area contributed by atoms with E-state index in [2.05, 4.69) is 29.7 Å². The molecule has 3 nitrogen and oxygen atoms in total. The molecule has 2 unspecified atom stereocenters. The third-order valence-corrected chi connectivity index (χ3v) is 2.37. The van der Waals surface area contributed by atoms with E-state index in [0.29, 0.717) is 12.1 Å². The summed E-state index contributed by atoms with van der Waals surface area (Å²) in [4.78, 5) is 0. The highest BCUT2D eigenvalue weighted by Gasteiger charge is 2.25. The van der Waals surface area contributed by atoms with Crippen molar-refractivity contribution < 1.29 is 0 Å². The minimum Gasteiger partial charge on any atom is -0.310 e. The Bertz CT molecular complexity index is 165. The van der Waals surface area contributed by atoms with Gasteiger partial charge >= 0.3 is 0 Å². The first-order valence-corrected chi connectivity index (χ1v) is 4.78. The zero-order chi connectivity index (χ0) is 8.97. The van der Waals surface area contributed by atoms with Crippen LogP contribution < -0.4 is 10.7 Å². The minimum absolute atomic E-state index is 0.441. The van der Waals surface area contributed by atoms with Crippen LogP contribution in [0.15, 0.2) is 5.10 Å². The number of hydrogen-bond donors (Lipinski definition) is 2. The summed E-state index contributed by atoms with van der Waals surface area (Å²) >= 11 is 0.